The van der Waals surface area contributed by atoms with E-state index in [1.807, 2.05) is 6.92 Å². The van der Waals surface area contributed by atoms with Gasteiger partial charge in [0.2, 0.25) is 5.91 Å². The van der Waals surface area contributed by atoms with Crippen LogP contribution in [0, 0.1) is 6.92 Å². The molecule has 21 heavy (non-hydrogen) atoms. The van der Waals surface area contributed by atoms with Crippen molar-refractivity contribution >= 4 is 17.2 Å². The Hall–Kier alpha value is -0.940. The minimum absolute atomic E-state index is 0.112. The van der Waals surface area contributed by atoms with Crippen LogP contribution in [0.3, 0.4) is 0 Å². The zero-order valence-corrected chi connectivity index (χ0v) is 13.8. The predicted molar refractivity (Wildman–Crippen MR) is 85.3 cm³/mol. The van der Waals surface area contributed by atoms with Crippen LogP contribution in [0.2, 0.25) is 0 Å². The Morgan fingerprint density at radius 3 is 2.81 bits per heavy atom. The van der Waals surface area contributed by atoms with Crippen molar-refractivity contribution in [1.82, 2.24) is 15.2 Å². The van der Waals surface area contributed by atoms with Gasteiger partial charge in [0.1, 0.15) is 0 Å². The van der Waals surface area contributed by atoms with E-state index in [0.29, 0.717) is 18.5 Å². The second-order valence-corrected chi connectivity index (χ2v) is 7.46. The average molecular weight is 307 g/mol. The molecule has 0 unspecified atom stereocenters. The number of rotatable bonds is 4. The van der Waals surface area contributed by atoms with Gasteiger partial charge >= 0.3 is 0 Å². The van der Waals surface area contributed by atoms with Gasteiger partial charge in [0.15, 0.2) is 0 Å². The molecule has 1 aromatic heterocycles. The van der Waals surface area contributed by atoms with Crippen LogP contribution in [-0.4, -0.2) is 33.9 Å². The van der Waals surface area contributed by atoms with Gasteiger partial charge in [0, 0.05) is 23.4 Å². The minimum atomic E-state index is 0.112. The highest BCUT2D eigenvalue weighted by atomic mass is 32.1. The predicted octanol–water partition coefficient (Wildman–Crippen LogP) is 2.86. The van der Waals surface area contributed by atoms with Gasteiger partial charge in [-0.25, -0.2) is 4.98 Å². The number of thiazole rings is 1. The van der Waals surface area contributed by atoms with Crippen molar-refractivity contribution in [1.29, 1.82) is 0 Å². The number of amides is 1. The molecule has 1 aliphatic carbocycles. The number of likely N-dealkylation sites (tertiary alicyclic amines) is 1. The molecule has 1 N–H and O–H groups in total. The number of aryl methyl sites for hydroxylation is 1. The smallest absolute Gasteiger partial charge is 0.223 e. The van der Waals surface area contributed by atoms with E-state index in [-0.39, 0.29) is 5.54 Å². The van der Waals surface area contributed by atoms with Crippen LogP contribution >= 0.6 is 11.3 Å². The van der Waals surface area contributed by atoms with E-state index in [1.165, 1.54) is 12.8 Å². The highest BCUT2D eigenvalue weighted by molar-refractivity contribution is 7.09. The molecule has 1 spiro atoms. The molecule has 1 amide bonds. The molecule has 2 heterocycles. The molecule has 1 saturated carbocycles. The van der Waals surface area contributed by atoms with Gasteiger partial charge in [-0.1, -0.05) is 6.92 Å². The molecule has 1 saturated heterocycles. The quantitative estimate of drug-likeness (QED) is 0.930. The summed E-state index contributed by atoms with van der Waals surface area (Å²) in [7, 11) is 0. The largest absolute Gasteiger partial charge is 0.331 e. The van der Waals surface area contributed by atoms with Crippen LogP contribution in [0.15, 0.2) is 5.38 Å². The van der Waals surface area contributed by atoms with E-state index in [2.05, 4.69) is 27.5 Å². The summed E-state index contributed by atoms with van der Waals surface area (Å²) in [5, 5.41) is 6.74. The van der Waals surface area contributed by atoms with Crippen molar-refractivity contribution in [3.8, 4) is 0 Å². The van der Waals surface area contributed by atoms with Crippen molar-refractivity contribution in [3.63, 3.8) is 0 Å². The molecule has 0 radical (unpaired) electrons. The molecular formula is C16H25N3OS. The lowest BCUT2D eigenvalue weighted by molar-refractivity contribution is -0.133. The lowest BCUT2D eigenvalue weighted by Crippen LogP contribution is -2.50. The van der Waals surface area contributed by atoms with E-state index in [4.69, 9.17) is 0 Å². The number of carbonyl (C=O) groups excluding carboxylic acids is 1. The standard InChI is InChI=1S/C16H25N3OS/c1-3-17-13-4-7-16(8-5-13)9-6-15(20)19(16)10-14-11-21-12(2)18-14/h11,13,17H,3-10H2,1-2H3. The Morgan fingerprint density at radius 2 is 2.19 bits per heavy atom. The summed E-state index contributed by atoms with van der Waals surface area (Å²) in [6.45, 7) is 5.94. The fourth-order valence-corrected chi connectivity index (χ4v) is 4.54. The average Bonchev–Trinajstić information content (AvgIpc) is 3.01. The molecule has 0 atom stereocenters. The number of nitrogens with zero attached hydrogens (tertiary/aromatic N) is 2. The second kappa shape index (κ2) is 6.05. The third kappa shape index (κ3) is 2.99. The van der Waals surface area contributed by atoms with Crippen LogP contribution < -0.4 is 5.32 Å². The minimum Gasteiger partial charge on any atom is -0.331 e. The summed E-state index contributed by atoms with van der Waals surface area (Å²) in [4.78, 5) is 19.0. The molecule has 3 rings (SSSR count). The SMILES string of the molecule is CCNC1CCC2(CCC(=O)N2Cc2csc(C)n2)CC1. The first-order chi connectivity index (χ1) is 10.1. The number of hydrogen-bond donors (Lipinski definition) is 1. The van der Waals surface area contributed by atoms with Crippen molar-refractivity contribution < 1.29 is 4.79 Å². The first-order valence-corrected chi connectivity index (χ1v) is 8.96. The number of nitrogens with one attached hydrogen (secondary N) is 1. The maximum absolute atomic E-state index is 12.4. The molecule has 1 aliphatic heterocycles. The molecule has 5 heteroatoms. The van der Waals surface area contributed by atoms with Gasteiger partial charge in [-0.2, -0.15) is 0 Å². The van der Waals surface area contributed by atoms with Crippen LogP contribution in [0.1, 0.15) is 56.2 Å². The van der Waals surface area contributed by atoms with Gasteiger partial charge in [-0.3, -0.25) is 4.79 Å². The topological polar surface area (TPSA) is 45.2 Å². The Kier molecular flexibility index (Phi) is 4.31. The van der Waals surface area contributed by atoms with Crippen LogP contribution in [0.4, 0.5) is 0 Å². The third-order valence-corrected chi connectivity index (χ3v) is 5.90. The Morgan fingerprint density at radius 1 is 1.43 bits per heavy atom. The lowest BCUT2D eigenvalue weighted by Gasteiger charge is -2.43. The van der Waals surface area contributed by atoms with Crippen LogP contribution in [0.25, 0.3) is 0 Å². The summed E-state index contributed by atoms with van der Waals surface area (Å²) >= 11 is 1.67. The Labute approximate surface area is 130 Å². The number of carbonyl (C=O) groups is 1. The summed E-state index contributed by atoms with van der Waals surface area (Å²) in [5.74, 6) is 0.322. The fourth-order valence-electron chi connectivity index (χ4n) is 3.94. The van der Waals surface area contributed by atoms with Gasteiger partial charge in [-0.15, -0.1) is 11.3 Å². The zero-order valence-electron chi connectivity index (χ0n) is 13.0. The Bertz CT molecular complexity index is 505. The second-order valence-electron chi connectivity index (χ2n) is 6.39. The van der Waals surface area contributed by atoms with E-state index >= 15 is 0 Å². The van der Waals surface area contributed by atoms with Crippen molar-refractivity contribution in [2.24, 2.45) is 0 Å². The fraction of sp³-hybridized carbons (Fsp3) is 0.750. The van der Waals surface area contributed by atoms with Crippen LogP contribution in [0.5, 0.6) is 0 Å². The molecule has 2 aliphatic rings. The highest BCUT2D eigenvalue weighted by Gasteiger charge is 2.46. The van der Waals surface area contributed by atoms with Gasteiger partial charge in [0.25, 0.3) is 0 Å². The van der Waals surface area contributed by atoms with Crippen molar-refractivity contribution in [3.05, 3.63) is 16.1 Å². The first kappa shape index (κ1) is 15.0. The molecule has 0 bridgehead atoms. The van der Waals surface area contributed by atoms with E-state index in [9.17, 15) is 4.79 Å². The summed E-state index contributed by atoms with van der Waals surface area (Å²) < 4.78 is 0. The molecule has 0 aromatic carbocycles. The summed E-state index contributed by atoms with van der Waals surface area (Å²) in [5.41, 5.74) is 1.17. The van der Waals surface area contributed by atoms with Gasteiger partial charge in [-0.05, 0) is 45.6 Å². The van der Waals surface area contributed by atoms with Crippen LogP contribution in [-0.2, 0) is 11.3 Å². The molecule has 4 nitrogen and oxygen atoms in total. The number of aromatic nitrogens is 1. The van der Waals surface area contributed by atoms with Gasteiger partial charge in [0.05, 0.1) is 17.2 Å². The zero-order chi connectivity index (χ0) is 14.9. The Balaban J connectivity index is 1.70. The maximum Gasteiger partial charge on any atom is 0.223 e. The van der Waals surface area contributed by atoms with E-state index < -0.39 is 0 Å². The number of hydrogen-bond acceptors (Lipinski definition) is 4. The summed E-state index contributed by atoms with van der Waals surface area (Å²) in [6.07, 6.45) is 6.41. The van der Waals surface area contributed by atoms with Gasteiger partial charge < -0.3 is 10.2 Å². The first-order valence-electron chi connectivity index (χ1n) is 8.08. The van der Waals surface area contributed by atoms with Crippen molar-refractivity contribution in [2.75, 3.05) is 6.54 Å². The normalized spacial score (nSPS) is 29.5. The summed E-state index contributed by atoms with van der Waals surface area (Å²) in [6, 6.07) is 0.639. The highest BCUT2D eigenvalue weighted by Crippen LogP contribution is 2.43. The molecular weight excluding hydrogens is 282 g/mol. The van der Waals surface area contributed by atoms with E-state index in [0.717, 1.165) is 42.9 Å². The monoisotopic (exact) mass is 307 g/mol. The van der Waals surface area contributed by atoms with Crippen molar-refractivity contribution in [2.45, 2.75) is 70.5 Å². The van der Waals surface area contributed by atoms with E-state index in [1.54, 1.807) is 11.3 Å². The molecule has 2 fully saturated rings. The molecule has 1 aromatic rings. The third-order valence-electron chi connectivity index (χ3n) is 5.07. The lowest BCUT2D eigenvalue weighted by atomic mass is 9.77. The maximum atomic E-state index is 12.4. The molecule has 116 valence electrons.